The number of ketones is 4. The number of hydrogen-bond acceptors (Lipinski definition) is 22. The largest absolute Gasteiger partial charge is 1.00 e. The van der Waals surface area contributed by atoms with Gasteiger partial charge in [-0.2, -0.15) is 8.42 Å². The van der Waals surface area contributed by atoms with Gasteiger partial charge in [-0.25, -0.2) is 0 Å². The van der Waals surface area contributed by atoms with Crippen molar-refractivity contribution in [3.8, 4) is 11.5 Å². The molecule has 0 unspecified atom stereocenters. The molecule has 0 saturated heterocycles. The number of aromatic hydroxyl groups is 1. The summed E-state index contributed by atoms with van der Waals surface area (Å²) in [6.07, 6.45) is 0.778. The SMILES string of the molecule is CC(C)(C)[O-].CN(C)c1ccc(O)c2c1C[C@H]1C[C@H]3[C@H](N(C)C)C(=O)C(C(N)=O)=C(O)[C@@]3(O)C(=O)C1=C2O.COS(=O)(=O)c1ccc(C)cc1.COc1ccc(N(C)C)c2c1C(O)=C1C(=O)[C@]3(O)C(O)=C(C(N)=O)C(=O)[C@@H](N(C)C)[C@@H]3C[C@@H]1C2.[K+]. The van der Waals surface area contributed by atoms with Crippen LogP contribution in [0.3, 0.4) is 0 Å². The van der Waals surface area contributed by atoms with Crippen LogP contribution in [0.2, 0.25) is 0 Å². The zero-order chi connectivity index (χ0) is 63.5. The fourth-order valence-corrected chi connectivity index (χ4v) is 12.9. The van der Waals surface area contributed by atoms with Crippen LogP contribution in [0.25, 0.3) is 11.5 Å². The van der Waals surface area contributed by atoms with Gasteiger partial charge in [-0.3, -0.25) is 42.8 Å². The van der Waals surface area contributed by atoms with Crippen LogP contribution in [-0.2, 0) is 55.9 Å². The van der Waals surface area contributed by atoms with Crippen molar-refractivity contribution < 1.29 is 138 Å². The van der Waals surface area contributed by atoms with Gasteiger partial charge in [-0.1, -0.05) is 38.5 Å². The Labute approximate surface area is 536 Å². The van der Waals surface area contributed by atoms with Gasteiger partial charge in [0.1, 0.15) is 45.7 Å². The number of phenolic OH excluding ortho intramolecular Hbond substituents is 1. The second-order valence-corrected chi connectivity index (χ2v) is 25.1. The minimum atomic E-state index is -3.51. The monoisotopic (exact) mass is 1230 g/mol. The Hall–Kier alpha value is -6.01. The summed E-state index contributed by atoms with van der Waals surface area (Å²) in [6, 6.07) is 11.0. The Morgan fingerprint density at radius 1 is 0.635 bits per heavy atom. The van der Waals surface area contributed by atoms with Crippen LogP contribution in [0, 0.1) is 30.6 Å². The minimum absolute atomic E-state index is 0. The Balaban J connectivity index is 0.000000242. The first-order valence-corrected chi connectivity index (χ1v) is 27.9. The molecule has 3 aromatic rings. The number of fused-ring (bicyclic) bond motifs is 6. The average molecular weight is 1230 g/mol. The van der Waals surface area contributed by atoms with Crippen molar-refractivity contribution in [3.05, 3.63) is 110 Å². The summed E-state index contributed by atoms with van der Waals surface area (Å²) in [5.41, 5.74) is 7.25. The third-order valence-corrected chi connectivity index (χ3v) is 17.1. The van der Waals surface area contributed by atoms with Crippen LogP contribution < -0.4 is 82.5 Å². The molecule has 2 saturated carbocycles. The molecule has 11 N–H and O–H groups in total. The molecule has 6 aliphatic rings. The van der Waals surface area contributed by atoms with E-state index >= 15 is 0 Å². The number of anilines is 2. The number of aryl methyl sites for hydroxylation is 1. The number of aliphatic hydroxyl groups excluding tert-OH is 4. The third kappa shape index (κ3) is 12.6. The first-order chi connectivity index (χ1) is 38.8. The number of nitrogens with zero attached hydrogens (tertiary/aromatic N) is 4. The van der Waals surface area contributed by atoms with Gasteiger partial charge in [-0.15, -0.1) is 5.60 Å². The number of benzene rings is 3. The zero-order valence-corrected chi connectivity index (χ0v) is 54.3. The topological polar surface area (TPSA) is 385 Å². The van der Waals surface area contributed by atoms with E-state index in [1.165, 1.54) is 35.1 Å². The predicted molar refractivity (Wildman–Crippen MR) is 307 cm³/mol. The summed E-state index contributed by atoms with van der Waals surface area (Å²) in [4.78, 5) is 84.5. The molecule has 2 fully saturated rings. The number of Topliss-reactive ketones (excluding diaryl/α,β-unsaturated/α-hetero) is 4. The number of ether oxygens (including phenoxy) is 1. The van der Waals surface area contributed by atoms with E-state index in [0.29, 0.717) is 23.3 Å². The summed E-state index contributed by atoms with van der Waals surface area (Å²) in [5, 5.41) is 87.8. The molecule has 26 heteroatoms. The molecule has 3 aromatic carbocycles. The van der Waals surface area contributed by atoms with Gasteiger partial charge in [0.15, 0.2) is 22.8 Å². The van der Waals surface area contributed by atoms with E-state index in [1.807, 2.05) is 51.0 Å². The fraction of sp³-hybridized carbons (Fsp3) is 0.458. The number of hydrogen-bond donors (Lipinski definition) is 9. The van der Waals surface area contributed by atoms with Crippen molar-refractivity contribution in [3.63, 3.8) is 0 Å². The number of aliphatic hydroxyl groups is 6. The average Bonchev–Trinajstić information content (AvgIpc) is 0.743. The molecule has 0 aliphatic heterocycles. The molecule has 456 valence electrons. The van der Waals surface area contributed by atoms with Crippen molar-refractivity contribution in [2.45, 2.75) is 87.2 Å². The maximum absolute atomic E-state index is 13.8. The van der Waals surface area contributed by atoms with Gasteiger partial charge < -0.3 is 66.9 Å². The molecule has 2 amide bonds. The number of rotatable bonds is 9. The molecular formula is C59H75KN6O18S. The third-order valence-electron chi connectivity index (χ3n) is 15.9. The van der Waals surface area contributed by atoms with Gasteiger partial charge in [-0.05, 0) is 120 Å². The smallest absolute Gasteiger partial charge is 0.850 e. The zero-order valence-electron chi connectivity index (χ0n) is 50.4. The molecule has 0 radical (unpaired) electrons. The van der Waals surface area contributed by atoms with E-state index < -0.39 is 126 Å². The minimum Gasteiger partial charge on any atom is -0.850 e. The number of methoxy groups -OCH3 is 1. The number of carbonyl (C=O) groups is 6. The molecule has 0 spiro atoms. The molecular weight excluding hydrogens is 1150 g/mol. The van der Waals surface area contributed by atoms with Crippen molar-refractivity contribution in [2.24, 2.45) is 35.1 Å². The van der Waals surface area contributed by atoms with Gasteiger partial charge in [0.25, 0.3) is 21.9 Å². The van der Waals surface area contributed by atoms with Crippen LogP contribution >= 0.6 is 0 Å². The van der Waals surface area contributed by atoms with Crippen LogP contribution in [0.1, 0.15) is 61.4 Å². The molecule has 9 rings (SSSR count). The van der Waals surface area contributed by atoms with E-state index in [-0.39, 0.29) is 104 Å². The molecule has 8 atom stereocenters. The van der Waals surface area contributed by atoms with Crippen LogP contribution in [0.4, 0.5) is 11.4 Å². The van der Waals surface area contributed by atoms with E-state index in [0.717, 1.165) is 29.6 Å². The predicted octanol–water partition coefficient (Wildman–Crippen LogP) is -1.16. The summed E-state index contributed by atoms with van der Waals surface area (Å²) < 4.78 is 32.0. The van der Waals surface area contributed by atoms with Crippen molar-refractivity contribution in [1.29, 1.82) is 0 Å². The molecule has 0 aromatic heterocycles. The van der Waals surface area contributed by atoms with Gasteiger partial charge >= 0.3 is 51.4 Å². The summed E-state index contributed by atoms with van der Waals surface area (Å²) >= 11 is 0. The number of amides is 2. The summed E-state index contributed by atoms with van der Waals surface area (Å²) in [6.45, 7) is 6.79. The van der Waals surface area contributed by atoms with Gasteiger partial charge in [0, 0.05) is 62.5 Å². The number of nitrogens with two attached hydrogens (primary N) is 2. The van der Waals surface area contributed by atoms with Crippen molar-refractivity contribution >= 4 is 68.0 Å². The Morgan fingerprint density at radius 3 is 1.34 bits per heavy atom. The molecule has 6 aliphatic carbocycles. The number of likely N-dealkylation sites (N-methyl/N-ethyl adjacent to an activating group) is 2. The second-order valence-electron chi connectivity index (χ2n) is 23.4. The quantitative estimate of drug-likeness (QED) is 0.0693. The fourth-order valence-electron chi connectivity index (χ4n) is 12.3. The molecule has 85 heavy (non-hydrogen) atoms. The van der Waals surface area contributed by atoms with Crippen LogP contribution in [0.5, 0.6) is 11.5 Å². The molecule has 24 nitrogen and oxygen atoms in total. The van der Waals surface area contributed by atoms with E-state index in [2.05, 4.69) is 4.18 Å². The summed E-state index contributed by atoms with van der Waals surface area (Å²) in [7, 11) is 12.7. The first-order valence-electron chi connectivity index (χ1n) is 26.5. The van der Waals surface area contributed by atoms with Crippen LogP contribution in [0.15, 0.2) is 87.2 Å². The second kappa shape index (κ2) is 25.7. The van der Waals surface area contributed by atoms with Crippen molar-refractivity contribution in [2.75, 3.05) is 80.4 Å². The van der Waals surface area contributed by atoms with Crippen LogP contribution in [-0.4, -0.2) is 188 Å². The Morgan fingerprint density at radius 2 is 1.00 bits per heavy atom. The normalized spacial score (nSPS) is 25.0. The maximum Gasteiger partial charge on any atom is 1.00 e. The molecule has 0 bridgehead atoms. The molecule has 0 heterocycles. The first kappa shape index (κ1) is 69.8. The maximum atomic E-state index is 13.8. The van der Waals surface area contributed by atoms with Gasteiger partial charge in [0.2, 0.25) is 11.6 Å². The Kier molecular flexibility index (Phi) is 21.1. The van der Waals surface area contributed by atoms with E-state index in [9.17, 15) is 78.0 Å². The summed E-state index contributed by atoms with van der Waals surface area (Å²) in [5.74, 6) is -12.1. The van der Waals surface area contributed by atoms with E-state index in [4.69, 9.17) is 16.2 Å². The number of phenols is 1. The standard InChI is InChI=1S/C24H29N3O7.C23H27N3O7.C8H10O3S.C4H9O.K/c1-26(2)13-6-7-14(34-5)16-11(13)8-10-9-12-18(27(3)4)20(29)17(23(25)32)22(31)24(12,33)21(30)15(10)19(16)28;1-25(2)12-5-6-13(27)15-10(12)7-9-8-11-17(26(3)4)19(29)16(22(24)32)21(31)23(11,33)20(30)14(9)18(15)28;1-7-3-5-8(6-4-7)12(9,10)11-2;1-4(2,3)5;/h6-7,10,12,18,28,31,33H,8-9H2,1-5H3,(H2,25,32);5-6,9,11,17,27-28,31,33H,7-8H2,1-4H3,(H2,24,32);3-6H,1-2H3;1-3H3;/q;;;-1;+1/t10-,12-,18-,24-;9-,11-,17-,23-;;;/m00.../s1. The number of carbonyl (C=O) groups excluding carboxylic acids is 6. The van der Waals surface area contributed by atoms with Crippen molar-refractivity contribution in [1.82, 2.24) is 9.80 Å². The Bertz CT molecular complexity index is 3470. The number of primary amides is 2. The van der Waals surface area contributed by atoms with E-state index in [1.54, 1.807) is 73.2 Å². The van der Waals surface area contributed by atoms with Gasteiger partial charge in [0.05, 0.1) is 42.3 Å².